The molecular formula is C13H20N2O. The van der Waals surface area contributed by atoms with Crippen molar-refractivity contribution in [3.63, 3.8) is 0 Å². The van der Waals surface area contributed by atoms with Crippen molar-refractivity contribution in [2.75, 3.05) is 32.8 Å². The van der Waals surface area contributed by atoms with Gasteiger partial charge in [-0.25, -0.2) is 0 Å². The van der Waals surface area contributed by atoms with Crippen LogP contribution >= 0.6 is 0 Å². The van der Waals surface area contributed by atoms with Gasteiger partial charge in [0.15, 0.2) is 0 Å². The maximum Gasteiger partial charge on any atom is 0.0952 e. The molecule has 0 saturated carbocycles. The van der Waals surface area contributed by atoms with Crippen LogP contribution < -0.4 is 5.73 Å². The first-order valence-electron chi connectivity index (χ1n) is 5.99. The molecule has 1 atom stereocenters. The predicted molar refractivity (Wildman–Crippen MR) is 65.2 cm³/mol. The van der Waals surface area contributed by atoms with Crippen LogP contribution in [0.2, 0.25) is 0 Å². The largest absolute Gasteiger partial charge is 0.371 e. The zero-order valence-corrected chi connectivity index (χ0v) is 9.64. The zero-order chi connectivity index (χ0) is 11.2. The van der Waals surface area contributed by atoms with Gasteiger partial charge in [-0.2, -0.15) is 0 Å². The quantitative estimate of drug-likeness (QED) is 0.833. The van der Waals surface area contributed by atoms with E-state index in [9.17, 15) is 0 Å². The van der Waals surface area contributed by atoms with Crippen LogP contribution in [0.3, 0.4) is 0 Å². The van der Waals surface area contributed by atoms with Gasteiger partial charge in [0.1, 0.15) is 0 Å². The highest BCUT2D eigenvalue weighted by molar-refractivity contribution is 5.18. The number of morpholine rings is 1. The number of hydrogen-bond donors (Lipinski definition) is 1. The fourth-order valence-corrected chi connectivity index (χ4v) is 2.09. The van der Waals surface area contributed by atoms with Gasteiger partial charge in [0.25, 0.3) is 0 Å². The summed E-state index contributed by atoms with van der Waals surface area (Å²) in [6, 6.07) is 10.4. The van der Waals surface area contributed by atoms with Crippen LogP contribution in [0.4, 0.5) is 0 Å². The summed E-state index contributed by atoms with van der Waals surface area (Å²) in [4.78, 5) is 2.44. The fraction of sp³-hybridized carbons (Fsp3) is 0.538. The smallest absolute Gasteiger partial charge is 0.0952 e. The topological polar surface area (TPSA) is 38.5 Å². The highest BCUT2D eigenvalue weighted by atomic mass is 16.5. The van der Waals surface area contributed by atoms with Gasteiger partial charge in [-0.15, -0.1) is 0 Å². The van der Waals surface area contributed by atoms with Crippen molar-refractivity contribution in [3.05, 3.63) is 35.9 Å². The summed E-state index contributed by atoms with van der Waals surface area (Å²) >= 11 is 0. The number of benzene rings is 1. The number of nitrogens with zero attached hydrogens (tertiary/aromatic N) is 1. The van der Waals surface area contributed by atoms with Crippen LogP contribution in [0.15, 0.2) is 30.3 Å². The molecule has 1 aliphatic rings. The monoisotopic (exact) mass is 220 g/mol. The number of nitrogens with two attached hydrogens (primary N) is 1. The van der Waals surface area contributed by atoms with E-state index in [2.05, 4.69) is 29.2 Å². The van der Waals surface area contributed by atoms with E-state index in [1.54, 1.807) is 0 Å². The Kier molecular flexibility index (Phi) is 4.34. The minimum absolute atomic E-state index is 0.229. The lowest BCUT2D eigenvalue weighted by Gasteiger charge is -2.33. The lowest BCUT2D eigenvalue weighted by atomic mass is 10.1. The molecular weight excluding hydrogens is 200 g/mol. The summed E-state index contributed by atoms with van der Waals surface area (Å²) in [6.45, 7) is 4.70. The first kappa shape index (κ1) is 11.6. The molecule has 88 valence electrons. The van der Waals surface area contributed by atoms with E-state index < -0.39 is 0 Å². The maximum atomic E-state index is 5.80. The molecule has 1 unspecified atom stereocenters. The van der Waals surface area contributed by atoms with Crippen molar-refractivity contribution in [1.29, 1.82) is 0 Å². The van der Waals surface area contributed by atoms with Crippen molar-refractivity contribution in [3.8, 4) is 0 Å². The standard InChI is InChI=1S/C13H20N2O/c14-7-4-8-15-9-10-16-13(11-15)12-5-2-1-3-6-12/h1-3,5-6,13H,4,7-11,14H2. The Balaban J connectivity index is 1.91. The van der Waals surface area contributed by atoms with E-state index in [0.29, 0.717) is 0 Å². The van der Waals surface area contributed by atoms with Gasteiger partial charge < -0.3 is 10.5 Å². The third-order valence-electron chi connectivity index (χ3n) is 3.00. The molecule has 0 amide bonds. The van der Waals surface area contributed by atoms with E-state index in [0.717, 1.165) is 39.2 Å². The van der Waals surface area contributed by atoms with Crippen LogP contribution in [-0.2, 0) is 4.74 Å². The number of ether oxygens (including phenoxy) is 1. The maximum absolute atomic E-state index is 5.80. The SMILES string of the molecule is NCCCN1CCOC(c2ccccc2)C1. The Morgan fingerprint density at radius 1 is 1.31 bits per heavy atom. The van der Waals surface area contributed by atoms with Gasteiger partial charge in [0.2, 0.25) is 0 Å². The Bertz CT molecular complexity index is 302. The molecule has 0 aromatic heterocycles. The number of rotatable bonds is 4. The third-order valence-corrected chi connectivity index (χ3v) is 3.00. The Morgan fingerprint density at radius 3 is 2.88 bits per heavy atom. The first-order chi connectivity index (χ1) is 7.90. The van der Waals surface area contributed by atoms with Gasteiger partial charge in [0.05, 0.1) is 12.7 Å². The highest BCUT2D eigenvalue weighted by Crippen LogP contribution is 2.21. The van der Waals surface area contributed by atoms with Gasteiger partial charge in [0, 0.05) is 13.1 Å². The summed E-state index contributed by atoms with van der Waals surface area (Å²) in [5.74, 6) is 0. The molecule has 1 aliphatic heterocycles. The van der Waals surface area contributed by atoms with E-state index >= 15 is 0 Å². The lowest BCUT2D eigenvalue weighted by Crippen LogP contribution is -2.39. The lowest BCUT2D eigenvalue weighted by molar-refractivity contribution is -0.0300. The van der Waals surface area contributed by atoms with E-state index in [-0.39, 0.29) is 6.10 Å². The zero-order valence-electron chi connectivity index (χ0n) is 9.64. The van der Waals surface area contributed by atoms with Crippen molar-refractivity contribution in [1.82, 2.24) is 4.90 Å². The van der Waals surface area contributed by atoms with E-state index in [1.165, 1.54) is 5.56 Å². The highest BCUT2D eigenvalue weighted by Gasteiger charge is 2.20. The van der Waals surface area contributed by atoms with Gasteiger partial charge in [-0.1, -0.05) is 30.3 Å². The minimum atomic E-state index is 0.229. The van der Waals surface area contributed by atoms with Crippen molar-refractivity contribution in [2.45, 2.75) is 12.5 Å². The predicted octanol–water partition coefficient (Wildman–Crippen LogP) is 1.41. The van der Waals surface area contributed by atoms with Gasteiger partial charge in [-0.05, 0) is 25.1 Å². The van der Waals surface area contributed by atoms with Crippen LogP contribution in [-0.4, -0.2) is 37.7 Å². The van der Waals surface area contributed by atoms with E-state index in [1.807, 2.05) is 6.07 Å². The molecule has 1 aromatic rings. The Morgan fingerprint density at radius 2 is 2.12 bits per heavy atom. The molecule has 0 radical (unpaired) electrons. The second-order valence-corrected chi connectivity index (χ2v) is 4.21. The molecule has 2 rings (SSSR count). The Hall–Kier alpha value is -0.900. The van der Waals surface area contributed by atoms with Gasteiger partial charge in [-0.3, -0.25) is 4.90 Å². The molecule has 1 saturated heterocycles. The van der Waals surface area contributed by atoms with Crippen molar-refractivity contribution >= 4 is 0 Å². The fourth-order valence-electron chi connectivity index (χ4n) is 2.09. The average molecular weight is 220 g/mol. The van der Waals surface area contributed by atoms with Crippen molar-refractivity contribution < 1.29 is 4.74 Å². The molecule has 0 spiro atoms. The second-order valence-electron chi connectivity index (χ2n) is 4.21. The van der Waals surface area contributed by atoms with Crippen LogP contribution in [0.1, 0.15) is 18.1 Å². The number of hydrogen-bond acceptors (Lipinski definition) is 3. The molecule has 1 fully saturated rings. The molecule has 0 bridgehead atoms. The molecule has 0 aliphatic carbocycles. The molecule has 1 aromatic carbocycles. The summed E-state index contributed by atoms with van der Waals surface area (Å²) < 4.78 is 5.80. The van der Waals surface area contributed by atoms with E-state index in [4.69, 9.17) is 10.5 Å². The van der Waals surface area contributed by atoms with Crippen LogP contribution in [0, 0.1) is 0 Å². The summed E-state index contributed by atoms with van der Waals surface area (Å²) in [5.41, 5.74) is 6.81. The third kappa shape index (κ3) is 3.04. The molecule has 16 heavy (non-hydrogen) atoms. The molecule has 1 heterocycles. The summed E-state index contributed by atoms with van der Waals surface area (Å²) in [7, 11) is 0. The summed E-state index contributed by atoms with van der Waals surface area (Å²) in [6.07, 6.45) is 1.30. The first-order valence-corrected chi connectivity index (χ1v) is 5.99. The van der Waals surface area contributed by atoms with Crippen molar-refractivity contribution in [2.24, 2.45) is 5.73 Å². The minimum Gasteiger partial charge on any atom is -0.371 e. The normalized spacial score (nSPS) is 22.2. The second kappa shape index (κ2) is 5.99. The molecule has 3 nitrogen and oxygen atoms in total. The van der Waals surface area contributed by atoms with Crippen LogP contribution in [0.5, 0.6) is 0 Å². The average Bonchev–Trinajstić information content (AvgIpc) is 2.38. The van der Waals surface area contributed by atoms with Crippen LogP contribution in [0.25, 0.3) is 0 Å². The Labute approximate surface area is 97.2 Å². The molecule has 3 heteroatoms. The van der Waals surface area contributed by atoms with Gasteiger partial charge >= 0.3 is 0 Å². The summed E-state index contributed by atoms with van der Waals surface area (Å²) in [5, 5.41) is 0. The molecule has 2 N–H and O–H groups in total.